The SMILES string of the molecule is CCOc1cc(CCl)cc(Br)c1OCc1cncc(F)c1. The second-order valence-corrected chi connectivity index (χ2v) is 5.39. The number of pyridine rings is 1. The maximum Gasteiger partial charge on any atom is 0.175 e. The highest BCUT2D eigenvalue weighted by molar-refractivity contribution is 9.10. The Balaban J connectivity index is 2.22. The molecule has 0 radical (unpaired) electrons. The zero-order chi connectivity index (χ0) is 15.2. The van der Waals surface area contributed by atoms with Gasteiger partial charge in [-0.3, -0.25) is 4.98 Å². The van der Waals surface area contributed by atoms with E-state index in [1.54, 1.807) is 6.20 Å². The Bertz CT molecular complexity index is 625. The highest BCUT2D eigenvalue weighted by Gasteiger charge is 2.12. The Morgan fingerprint density at radius 1 is 1.19 bits per heavy atom. The molecule has 0 atom stereocenters. The summed E-state index contributed by atoms with van der Waals surface area (Å²) in [4.78, 5) is 3.79. The molecule has 0 aliphatic rings. The van der Waals surface area contributed by atoms with Crippen LogP contribution in [0.5, 0.6) is 11.5 Å². The molecule has 0 saturated carbocycles. The van der Waals surface area contributed by atoms with E-state index in [-0.39, 0.29) is 6.61 Å². The first-order valence-corrected chi connectivity index (χ1v) is 7.70. The third-order valence-corrected chi connectivity index (χ3v) is 3.57. The zero-order valence-electron chi connectivity index (χ0n) is 11.4. The Kier molecular flexibility index (Phi) is 5.82. The highest BCUT2D eigenvalue weighted by atomic mass is 79.9. The van der Waals surface area contributed by atoms with Gasteiger partial charge in [-0.2, -0.15) is 0 Å². The minimum atomic E-state index is -0.391. The predicted molar refractivity (Wildman–Crippen MR) is 83.4 cm³/mol. The van der Waals surface area contributed by atoms with Crippen molar-refractivity contribution in [3.8, 4) is 11.5 Å². The molecule has 0 amide bonds. The Morgan fingerprint density at radius 2 is 2.00 bits per heavy atom. The zero-order valence-corrected chi connectivity index (χ0v) is 13.7. The summed E-state index contributed by atoms with van der Waals surface area (Å²) in [5.74, 6) is 1.16. The average Bonchev–Trinajstić information content (AvgIpc) is 2.46. The van der Waals surface area contributed by atoms with Crippen LogP contribution in [0.4, 0.5) is 4.39 Å². The molecule has 0 bridgehead atoms. The monoisotopic (exact) mass is 373 g/mol. The van der Waals surface area contributed by atoms with Crippen molar-refractivity contribution in [1.82, 2.24) is 4.98 Å². The molecule has 1 heterocycles. The molecule has 2 rings (SSSR count). The minimum Gasteiger partial charge on any atom is -0.490 e. The van der Waals surface area contributed by atoms with Crippen molar-refractivity contribution in [3.05, 3.63) is 52.0 Å². The molecule has 0 aliphatic carbocycles. The van der Waals surface area contributed by atoms with E-state index in [9.17, 15) is 4.39 Å². The summed E-state index contributed by atoms with van der Waals surface area (Å²) in [5.41, 5.74) is 1.57. The number of hydrogen-bond acceptors (Lipinski definition) is 3. The first-order chi connectivity index (χ1) is 10.1. The van der Waals surface area contributed by atoms with Crippen LogP contribution in [-0.2, 0) is 12.5 Å². The molecule has 21 heavy (non-hydrogen) atoms. The molecular formula is C15H14BrClFNO2. The molecule has 0 spiro atoms. The van der Waals surface area contributed by atoms with Gasteiger partial charge in [0.25, 0.3) is 0 Å². The van der Waals surface area contributed by atoms with E-state index in [0.717, 1.165) is 16.2 Å². The lowest BCUT2D eigenvalue weighted by Gasteiger charge is -2.15. The van der Waals surface area contributed by atoms with Crippen molar-refractivity contribution < 1.29 is 13.9 Å². The van der Waals surface area contributed by atoms with Crippen molar-refractivity contribution in [3.63, 3.8) is 0 Å². The van der Waals surface area contributed by atoms with Crippen LogP contribution in [0.1, 0.15) is 18.1 Å². The van der Waals surface area contributed by atoms with Crippen molar-refractivity contribution in [1.29, 1.82) is 0 Å². The van der Waals surface area contributed by atoms with E-state index in [1.165, 1.54) is 6.07 Å². The largest absolute Gasteiger partial charge is 0.490 e. The molecular weight excluding hydrogens is 361 g/mol. The van der Waals surface area contributed by atoms with E-state index in [1.807, 2.05) is 19.1 Å². The summed E-state index contributed by atoms with van der Waals surface area (Å²) in [6, 6.07) is 5.09. The maximum absolute atomic E-state index is 13.1. The third kappa shape index (κ3) is 4.32. The van der Waals surface area contributed by atoms with Crippen LogP contribution in [-0.4, -0.2) is 11.6 Å². The normalized spacial score (nSPS) is 10.5. The summed E-state index contributed by atoms with van der Waals surface area (Å²) in [6.45, 7) is 2.60. The standard InChI is InChI=1S/C15H14BrClFNO2/c1-2-20-14-5-10(6-17)4-13(16)15(14)21-9-11-3-12(18)8-19-7-11/h3-5,7-8H,2,6,9H2,1H3. The lowest BCUT2D eigenvalue weighted by atomic mass is 10.2. The van der Waals surface area contributed by atoms with Crippen LogP contribution < -0.4 is 9.47 Å². The van der Waals surface area contributed by atoms with Gasteiger partial charge in [-0.25, -0.2) is 4.39 Å². The van der Waals surface area contributed by atoms with Crippen LogP contribution in [0.3, 0.4) is 0 Å². The fraction of sp³-hybridized carbons (Fsp3) is 0.267. The van der Waals surface area contributed by atoms with Crippen molar-refractivity contribution in [2.24, 2.45) is 0 Å². The summed E-state index contributed by atoms with van der Waals surface area (Å²) < 4.78 is 25.2. The van der Waals surface area contributed by atoms with Gasteiger partial charge in [-0.05, 0) is 46.6 Å². The van der Waals surface area contributed by atoms with E-state index in [4.69, 9.17) is 21.1 Å². The van der Waals surface area contributed by atoms with Crippen molar-refractivity contribution >= 4 is 27.5 Å². The molecule has 1 aromatic carbocycles. The number of aromatic nitrogens is 1. The van der Waals surface area contributed by atoms with Gasteiger partial charge in [-0.15, -0.1) is 11.6 Å². The van der Waals surface area contributed by atoms with E-state index < -0.39 is 5.82 Å². The molecule has 0 unspecified atom stereocenters. The number of halogens is 3. The lowest BCUT2D eigenvalue weighted by molar-refractivity contribution is 0.267. The topological polar surface area (TPSA) is 31.4 Å². The molecule has 1 aromatic heterocycles. The van der Waals surface area contributed by atoms with E-state index in [2.05, 4.69) is 20.9 Å². The Morgan fingerprint density at radius 3 is 2.67 bits per heavy atom. The molecule has 0 N–H and O–H groups in total. The van der Waals surface area contributed by atoms with Gasteiger partial charge < -0.3 is 9.47 Å². The molecule has 2 aromatic rings. The summed E-state index contributed by atoms with van der Waals surface area (Å²) in [7, 11) is 0. The highest BCUT2D eigenvalue weighted by Crippen LogP contribution is 2.37. The van der Waals surface area contributed by atoms with Gasteiger partial charge in [0.15, 0.2) is 11.5 Å². The van der Waals surface area contributed by atoms with Gasteiger partial charge >= 0.3 is 0 Å². The molecule has 0 aliphatic heterocycles. The second-order valence-electron chi connectivity index (χ2n) is 4.27. The molecule has 6 heteroatoms. The fourth-order valence-corrected chi connectivity index (χ4v) is 2.55. The number of alkyl halides is 1. The Labute approximate surface area is 136 Å². The van der Waals surface area contributed by atoms with Crippen LogP contribution in [0.15, 0.2) is 35.1 Å². The molecule has 0 fully saturated rings. The fourth-order valence-electron chi connectivity index (χ4n) is 1.79. The number of hydrogen-bond donors (Lipinski definition) is 0. The van der Waals surface area contributed by atoms with E-state index >= 15 is 0 Å². The predicted octanol–water partition coefficient (Wildman–Crippen LogP) is 4.70. The summed E-state index contributed by atoms with van der Waals surface area (Å²) >= 11 is 9.29. The minimum absolute atomic E-state index is 0.198. The van der Waals surface area contributed by atoms with Crippen LogP contribution in [0.25, 0.3) is 0 Å². The second kappa shape index (κ2) is 7.61. The van der Waals surface area contributed by atoms with Crippen molar-refractivity contribution in [2.75, 3.05) is 6.61 Å². The van der Waals surface area contributed by atoms with Crippen molar-refractivity contribution in [2.45, 2.75) is 19.4 Å². The molecule has 112 valence electrons. The number of benzene rings is 1. The summed E-state index contributed by atoms with van der Waals surface area (Å²) in [6.07, 6.45) is 2.71. The summed E-state index contributed by atoms with van der Waals surface area (Å²) in [5, 5.41) is 0. The van der Waals surface area contributed by atoms with Crippen LogP contribution in [0.2, 0.25) is 0 Å². The third-order valence-electron chi connectivity index (χ3n) is 2.67. The van der Waals surface area contributed by atoms with Gasteiger partial charge in [-0.1, -0.05) is 0 Å². The van der Waals surface area contributed by atoms with Crippen LogP contribution >= 0.6 is 27.5 Å². The van der Waals surface area contributed by atoms with Gasteiger partial charge in [0, 0.05) is 17.6 Å². The quantitative estimate of drug-likeness (QED) is 0.687. The maximum atomic E-state index is 13.1. The molecule has 0 saturated heterocycles. The first-order valence-electron chi connectivity index (χ1n) is 6.37. The Hall–Kier alpha value is -1.33. The van der Waals surface area contributed by atoms with Gasteiger partial charge in [0.1, 0.15) is 12.4 Å². The number of nitrogens with zero attached hydrogens (tertiary/aromatic N) is 1. The average molecular weight is 375 g/mol. The number of ether oxygens (including phenoxy) is 2. The van der Waals surface area contributed by atoms with E-state index in [0.29, 0.717) is 29.5 Å². The smallest absolute Gasteiger partial charge is 0.175 e. The van der Waals surface area contributed by atoms with Crippen LogP contribution in [0, 0.1) is 5.82 Å². The number of rotatable bonds is 6. The van der Waals surface area contributed by atoms with Gasteiger partial charge in [0.05, 0.1) is 17.3 Å². The lowest BCUT2D eigenvalue weighted by Crippen LogP contribution is -2.02. The first kappa shape index (κ1) is 16.0. The molecule has 3 nitrogen and oxygen atoms in total. The van der Waals surface area contributed by atoms with Gasteiger partial charge in [0.2, 0.25) is 0 Å².